The third-order valence-electron chi connectivity index (χ3n) is 3.00. The minimum atomic E-state index is -6.35. The van der Waals surface area contributed by atoms with Crippen LogP contribution in [0, 0.1) is 0 Å². The molecular weight excluding hydrogens is 303 g/mol. The second-order valence-electron chi connectivity index (χ2n) is 4.36. The van der Waals surface area contributed by atoms with E-state index in [9.17, 15) is 30.7 Å². The van der Waals surface area contributed by atoms with E-state index in [1.807, 2.05) is 0 Å². The van der Waals surface area contributed by atoms with Crippen molar-refractivity contribution >= 4 is 5.71 Å². The van der Waals surface area contributed by atoms with E-state index in [0.717, 1.165) is 12.2 Å². The second-order valence-corrected chi connectivity index (χ2v) is 4.36. The molecule has 1 nitrogen and oxygen atoms in total. The maximum atomic E-state index is 13.8. The average molecular weight is 311 g/mol. The van der Waals surface area contributed by atoms with Crippen LogP contribution in [0.3, 0.4) is 0 Å². The van der Waals surface area contributed by atoms with Gasteiger partial charge >= 0.3 is 18.0 Å². The van der Waals surface area contributed by atoms with Gasteiger partial charge in [-0.05, 0) is 18.6 Å². The van der Waals surface area contributed by atoms with Crippen molar-refractivity contribution in [2.75, 3.05) is 0 Å². The lowest BCUT2D eigenvalue weighted by Gasteiger charge is -2.31. The molecule has 0 amide bonds. The number of hydrogen-bond acceptors (Lipinski definition) is 1. The summed E-state index contributed by atoms with van der Waals surface area (Å²) in [7, 11) is 0. The van der Waals surface area contributed by atoms with Crippen LogP contribution >= 0.6 is 0 Å². The Morgan fingerprint density at radius 1 is 0.905 bits per heavy atom. The molecule has 0 unspecified atom stereocenters. The van der Waals surface area contributed by atoms with Crippen LogP contribution in [0.25, 0.3) is 0 Å². The van der Waals surface area contributed by atoms with Crippen molar-refractivity contribution in [1.82, 2.24) is 0 Å². The predicted octanol–water partition coefficient (Wildman–Crippen LogP) is 4.60. The summed E-state index contributed by atoms with van der Waals surface area (Å²) in [6, 6.07) is 0. The van der Waals surface area contributed by atoms with E-state index in [1.54, 1.807) is 0 Å². The first-order valence-corrected chi connectivity index (χ1v) is 5.73. The van der Waals surface area contributed by atoms with Crippen molar-refractivity contribution in [2.45, 2.75) is 24.4 Å². The van der Waals surface area contributed by atoms with E-state index in [0.29, 0.717) is 0 Å². The molecule has 2 rings (SSSR count). The van der Waals surface area contributed by atoms with Crippen molar-refractivity contribution in [2.24, 2.45) is 4.99 Å². The summed E-state index contributed by atoms with van der Waals surface area (Å²) in [4.78, 5) is 3.72. The predicted molar refractivity (Wildman–Crippen MR) is 62.4 cm³/mol. The molecule has 0 saturated heterocycles. The first-order chi connectivity index (χ1) is 9.59. The Hall–Kier alpha value is -1.86. The highest BCUT2D eigenvalue weighted by Gasteiger charge is 2.74. The number of nitrogens with zero attached hydrogens (tertiary/aromatic N) is 1. The van der Waals surface area contributed by atoms with Gasteiger partial charge < -0.3 is 0 Å². The number of fused-ring (bicyclic) bond motifs is 1. The number of hydrogen-bond donors (Lipinski definition) is 0. The van der Waals surface area contributed by atoms with Gasteiger partial charge in [0, 0.05) is 17.3 Å². The molecule has 0 spiro atoms. The number of allylic oxidation sites excluding steroid dienone is 7. The van der Waals surface area contributed by atoms with E-state index in [-0.39, 0.29) is 5.71 Å². The molecule has 0 aromatic heterocycles. The van der Waals surface area contributed by atoms with Crippen LogP contribution in [-0.4, -0.2) is 23.7 Å². The quantitative estimate of drug-likeness (QED) is 0.661. The molecule has 0 N–H and O–H groups in total. The summed E-state index contributed by atoms with van der Waals surface area (Å²) in [5.74, 6) is -11.5. The fourth-order valence-electron chi connectivity index (χ4n) is 1.93. The van der Waals surface area contributed by atoms with Gasteiger partial charge in [0.25, 0.3) is 0 Å². The van der Waals surface area contributed by atoms with E-state index < -0.39 is 35.6 Å². The summed E-state index contributed by atoms with van der Waals surface area (Å²) in [6.45, 7) is 0. The Kier molecular flexibility index (Phi) is 3.59. The molecule has 114 valence electrons. The molecule has 21 heavy (non-hydrogen) atoms. The summed E-state index contributed by atoms with van der Waals surface area (Å²) < 4.78 is 90.7. The molecule has 8 heteroatoms. The van der Waals surface area contributed by atoms with Gasteiger partial charge in [-0.3, -0.25) is 4.99 Å². The van der Waals surface area contributed by atoms with Gasteiger partial charge in [0.2, 0.25) is 0 Å². The number of alkyl halides is 7. The third-order valence-corrected chi connectivity index (χ3v) is 3.00. The van der Waals surface area contributed by atoms with E-state index >= 15 is 0 Å². The number of rotatable bonds is 2. The monoisotopic (exact) mass is 311 g/mol. The minimum Gasteiger partial charge on any atom is -0.256 e. The lowest BCUT2D eigenvalue weighted by atomic mass is 9.87. The molecular formula is C13H8F7N. The van der Waals surface area contributed by atoms with Crippen LogP contribution in [-0.2, 0) is 0 Å². The highest BCUT2D eigenvalue weighted by molar-refractivity contribution is 6.12. The second kappa shape index (κ2) is 4.85. The fraction of sp³-hybridized carbons (Fsp3) is 0.308. The Morgan fingerprint density at radius 3 is 2.19 bits per heavy atom. The maximum Gasteiger partial charge on any atom is 0.460 e. The third kappa shape index (κ3) is 2.43. The molecule has 0 bridgehead atoms. The van der Waals surface area contributed by atoms with E-state index in [1.165, 1.54) is 24.4 Å². The molecule has 1 heterocycles. The molecule has 1 aliphatic heterocycles. The minimum absolute atomic E-state index is 0.0844. The SMILES string of the molecule is FC(F)(F)C(F)(F)C(F)(F)C1=C2C=CC=CN=C2C=CC1. The number of halogens is 7. The zero-order valence-corrected chi connectivity index (χ0v) is 10.3. The Balaban J connectivity index is 2.59. The first kappa shape index (κ1) is 15.5. The van der Waals surface area contributed by atoms with Crippen LogP contribution < -0.4 is 0 Å². The zero-order valence-electron chi connectivity index (χ0n) is 10.3. The smallest absolute Gasteiger partial charge is 0.256 e. The van der Waals surface area contributed by atoms with Crippen molar-refractivity contribution in [3.8, 4) is 0 Å². The highest BCUT2D eigenvalue weighted by Crippen LogP contribution is 2.51. The highest BCUT2D eigenvalue weighted by atomic mass is 19.4. The van der Waals surface area contributed by atoms with E-state index in [2.05, 4.69) is 4.99 Å². The van der Waals surface area contributed by atoms with Crippen LogP contribution in [0.1, 0.15) is 6.42 Å². The molecule has 1 aliphatic carbocycles. The Bertz CT molecular complexity index is 588. The van der Waals surface area contributed by atoms with Gasteiger partial charge in [0.1, 0.15) is 0 Å². The molecule has 0 atom stereocenters. The fourth-order valence-corrected chi connectivity index (χ4v) is 1.93. The molecule has 0 radical (unpaired) electrons. The molecule has 2 aliphatic rings. The Labute approximate surface area is 114 Å². The van der Waals surface area contributed by atoms with E-state index in [4.69, 9.17) is 0 Å². The van der Waals surface area contributed by atoms with Crippen LogP contribution in [0.5, 0.6) is 0 Å². The van der Waals surface area contributed by atoms with Crippen molar-refractivity contribution in [3.63, 3.8) is 0 Å². The standard InChI is InChI=1S/C13H8F7N/c14-11(15,12(16,17)13(18,19)20)9-5-3-6-10-8(9)4-1-2-7-21-10/h1-4,6-7H,5H2. The molecule has 0 aromatic rings. The lowest BCUT2D eigenvalue weighted by molar-refractivity contribution is -0.344. The topological polar surface area (TPSA) is 12.4 Å². The summed E-state index contributed by atoms with van der Waals surface area (Å²) >= 11 is 0. The number of aliphatic imine (C=N–C) groups is 1. The van der Waals surface area contributed by atoms with Gasteiger partial charge in [-0.25, -0.2) is 0 Å². The normalized spacial score (nSPS) is 19.5. The van der Waals surface area contributed by atoms with Gasteiger partial charge in [-0.15, -0.1) is 0 Å². The molecule has 0 fully saturated rings. The summed E-state index contributed by atoms with van der Waals surface area (Å²) in [6.07, 6.45) is 0.169. The molecule has 0 saturated carbocycles. The summed E-state index contributed by atoms with van der Waals surface area (Å²) in [5.41, 5.74) is -1.80. The van der Waals surface area contributed by atoms with Gasteiger partial charge in [0.15, 0.2) is 0 Å². The lowest BCUT2D eigenvalue weighted by Crippen LogP contribution is -2.53. The van der Waals surface area contributed by atoms with Crippen LogP contribution in [0.15, 0.2) is 52.7 Å². The first-order valence-electron chi connectivity index (χ1n) is 5.73. The van der Waals surface area contributed by atoms with Gasteiger partial charge in [-0.1, -0.05) is 18.2 Å². The van der Waals surface area contributed by atoms with Crippen LogP contribution in [0.4, 0.5) is 30.7 Å². The maximum absolute atomic E-state index is 13.8. The molecule has 0 aromatic carbocycles. The van der Waals surface area contributed by atoms with Crippen molar-refractivity contribution < 1.29 is 30.7 Å². The summed E-state index contributed by atoms with van der Waals surface area (Å²) in [5, 5.41) is 0. The average Bonchev–Trinajstić information content (AvgIpc) is 2.61. The van der Waals surface area contributed by atoms with Gasteiger partial charge in [0.05, 0.1) is 5.71 Å². The van der Waals surface area contributed by atoms with Crippen LogP contribution in [0.2, 0.25) is 0 Å². The Morgan fingerprint density at radius 2 is 1.57 bits per heavy atom. The van der Waals surface area contributed by atoms with Crippen molar-refractivity contribution in [1.29, 1.82) is 0 Å². The zero-order chi connectivity index (χ0) is 15.9. The largest absolute Gasteiger partial charge is 0.460 e. The van der Waals surface area contributed by atoms with Crippen molar-refractivity contribution in [3.05, 3.63) is 47.7 Å². The van der Waals surface area contributed by atoms with Gasteiger partial charge in [-0.2, -0.15) is 30.7 Å².